The fourth-order valence-corrected chi connectivity index (χ4v) is 3.01. The van der Waals surface area contributed by atoms with Crippen LogP contribution in [-0.4, -0.2) is 29.6 Å². The van der Waals surface area contributed by atoms with Gasteiger partial charge in [-0.2, -0.15) is 0 Å². The lowest BCUT2D eigenvalue weighted by Gasteiger charge is -2.19. The van der Waals surface area contributed by atoms with Gasteiger partial charge >= 0.3 is 0 Å². The number of nitrogens with one attached hydrogen (secondary N) is 2. The number of aryl methyl sites for hydroxylation is 1. The van der Waals surface area contributed by atoms with Gasteiger partial charge in [-0.05, 0) is 43.5 Å². The Kier molecular flexibility index (Phi) is 4.74. The van der Waals surface area contributed by atoms with Crippen molar-refractivity contribution in [1.29, 1.82) is 0 Å². The summed E-state index contributed by atoms with van der Waals surface area (Å²) in [6, 6.07) is 7.12. The summed E-state index contributed by atoms with van der Waals surface area (Å²) in [5, 5.41) is 9.78. The molecule has 0 bridgehead atoms. The van der Waals surface area contributed by atoms with Crippen molar-refractivity contribution in [2.24, 2.45) is 0 Å². The van der Waals surface area contributed by atoms with E-state index in [-0.39, 0.29) is 17.9 Å². The molecule has 7 nitrogen and oxygen atoms in total. The Balaban J connectivity index is 1.70. The van der Waals surface area contributed by atoms with E-state index in [1.165, 1.54) is 0 Å². The summed E-state index contributed by atoms with van der Waals surface area (Å²) in [7, 11) is 0. The summed E-state index contributed by atoms with van der Waals surface area (Å²) >= 11 is 0. The summed E-state index contributed by atoms with van der Waals surface area (Å²) < 4.78 is 4.96. The molecule has 0 aliphatic carbocycles. The first-order valence-electron chi connectivity index (χ1n) is 8.39. The van der Waals surface area contributed by atoms with E-state index in [1.54, 1.807) is 24.8 Å². The maximum absolute atomic E-state index is 12.4. The third kappa shape index (κ3) is 3.65. The minimum absolute atomic E-state index is 0.0492. The molecule has 0 saturated carbocycles. The van der Waals surface area contributed by atoms with E-state index >= 15 is 0 Å². The van der Waals surface area contributed by atoms with Crippen LogP contribution in [0.15, 0.2) is 28.8 Å². The van der Waals surface area contributed by atoms with E-state index in [0.717, 1.165) is 23.4 Å². The number of fused-ring (bicyclic) bond motifs is 1. The Labute approximate surface area is 146 Å². The quantitative estimate of drug-likeness (QED) is 0.872. The lowest BCUT2D eigenvalue weighted by atomic mass is 10.1. The highest BCUT2D eigenvalue weighted by Gasteiger charge is 2.23. The molecular weight excluding hydrogens is 320 g/mol. The molecule has 0 saturated heterocycles. The zero-order valence-electron chi connectivity index (χ0n) is 14.6. The van der Waals surface area contributed by atoms with Gasteiger partial charge in [-0.3, -0.25) is 9.59 Å². The molecule has 1 aliphatic rings. The number of benzene rings is 1. The van der Waals surface area contributed by atoms with Crippen molar-refractivity contribution < 1.29 is 14.1 Å². The lowest BCUT2D eigenvalue weighted by molar-refractivity contribution is -0.117. The summed E-state index contributed by atoms with van der Waals surface area (Å²) in [6.45, 7) is 5.99. The zero-order chi connectivity index (χ0) is 18.0. The van der Waals surface area contributed by atoms with Gasteiger partial charge in [0.15, 0.2) is 5.82 Å². The highest BCUT2D eigenvalue weighted by atomic mass is 16.5. The van der Waals surface area contributed by atoms with Crippen LogP contribution >= 0.6 is 0 Å². The monoisotopic (exact) mass is 342 g/mol. The maximum Gasteiger partial charge on any atom is 0.248 e. The van der Waals surface area contributed by atoms with Crippen molar-refractivity contribution in [3.8, 4) is 0 Å². The molecule has 2 amide bonds. The van der Waals surface area contributed by atoms with Crippen LogP contribution in [0.2, 0.25) is 0 Å². The average Bonchev–Trinajstić information content (AvgIpc) is 3.18. The highest BCUT2D eigenvalue weighted by molar-refractivity contribution is 5.96. The lowest BCUT2D eigenvalue weighted by Crippen LogP contribution is -2.34. The minimum Gasteiger partial charge on any atom is -0.374 e. The first kappa shape index (κ1) is 17.0. The number of hydrogen-bond donors (Lipinski definition) is 2. The number of anilines is 3. The number of rotatable bonds is 5. The number of carbonyl (C=O) groups is 2. The SMILES string of the molecule is CC[C@H](Nc1ccc2c(c1)CCN2C(C)=O)C(=O)Nc1cc(C)on1. The van der Waals surface area contributed by atoms with Crippen LogP contribution in [0.1, 0.15) is 31.6 Å². The van der Waals surface area contributed by atoms with Crippen LogP contribution in [-0.2, 0) is 16.0 Å². The number of nitrogens with zero attached hydrogens (tertiary/aromatic N) is 2. The van der Waals surface area contributed by atoms with Crippen LogP contribution in [0, 0.1) is 6.92 Å². The van der Waals surface area contributed by atoms with Gasteiger partial charge < -0.3 is 20.1 Å². The number of amides is 2. The van der Waals surface area contributed by atoms with Crippen LogP contribution < -0.4 is 15.5 Å². The summed E-state index contributed by atoms with van der Waals surface area (Å²) in [6.07, 6.45) is 1.45. The predicted molar refractivity (Wildman–Crippen MR) is 95.7 cm³/mol. The van der Waals surface area contributed by atoms with Crippen molar-refractivity contribution in [2.75, 3.05) is 22.1 Å². The van der Waals surface area contributed by atoms with Crippen molar-refractivity contribution >= 4 is 29.0 Å². The third-order valence-corrected chi connectivity index (χ3v) is 4.30. The standard InChI is InChI=1S/C18H22N4O3/c1-4-15(18(24)20-17-9-11(2)25-21-17)19-14-5-6-16-13(10-14)7-8-22(16)12(3)23/h5-6,9-10,15,19H,4,7-8H2,1-3H3,(H,20,21,24)/t15-/m0/s1. The van der Waals surface area contributed by atoms with E-state index < -0.39 is 0 Å². The van der Waals surface area contributed by atoms with Crippen molar-refractivity contribution in [3.05, 3.63) is 35.6 Å². The van der Waals surface area contributed by atoms with Crippen LogP contribution in [0.25, 0.3) is 0 Å². The van der Waals surface area contributed by atoms with Gasteiger partial charge in [-0.25, -0.2) is 0 Å². The smallest absolute Gasteiger partial charge is 0.248 e. The maximum atomic E-state index is 12.4. The molecule has 1 atom stereocenters. The van der Waals surface area contributed by atoms with Crippen LogP contribution in [0.3, 0.4) is 0 Å². The minimum atomic E-state index is -0.389. The van der Waals surface area contributed by atoms with Gasteiger partial charge in [0.05, 0.1) is 0 Å². The van der Waals surface area contributed by atoms with E-state index in [0.29, 0.717) is 24.5 Å². The fourth-order valence-electron chi connectivity index (χ4n) is 3.01. The topological polar surface area (TPSA) is 87.5 Å². The molecule has 1 aromatic heterocycles. The average molecular weight is 342 g/mol. The molecule has 0 radical (unpaired) electrons. The Morgan fingerprint density at radius 2 is 2.16 bits per heavy atom. The van der Waals surface area contributed by atoms with Crippen LogP contribution in [0.4, 0.5) is 17.2 Å². The molecule has 132 valence electrons. The van der Waals surface area contributed by atoms with Gasteiger partial charge in [0, 0.05) is 30.9 Å². The molecule has 2 N–H and O–H groups in total. The van der Waals surface area contributed by atoms with Gasteiger partial charge in [0.1, 0.15) is 11.8 Å². The number of hydrogen-bond acceptors (Lipinski definition) is 5. The predicted octanol–water partition coefficient (Wildman–Crippen LogP) is 2.72. The van der Waals surface area contributed by atoms with Gasteiger partial charge in [0.25, 0.3) is 0 Å². The van der Waals surface area contributed by atoms with Crippen molar-refractivity contribution in [2.45, 2.75) is 39.7 Å². The fraction of sp³-hybridized carbons (Fsp3) is 0.389. The molecule has 0 fully saturated rings. The Hall–Kier alpha value is -2.83. The Bertz CT molecular complexity index is 799. The van der Waals surface area contributed by atoms with Crippen molar-refractivity contribution in [1.82, 2.24) is 5.16 Å². The molecule has 3 rings (SSSR count). The molecule has 2 aromatic rings. The second-order valence-electron chi connectivity index (χ2n) is 6.18. The van der Waals surface area contributed by atoms with E-state index in [2.05, 4.69) is 15.8 Å². The van der Waals surface area contributed by atoms with Gasteiger partial charge in [-0.15, -0.1) is 0 Å². The Morgan fingerprint density at radius 1 is 1.36 bits per heavy atom. The van der Waals surface area contributed by atoms with Crippen LogP contribution in [0.5, 0.6) is 0 Å². The molecular formula is C18H22N4O3. The molecule has 7 heteroatoms. The zero-order valence-corrected chi connectivity index (χ0v) is 14.6. The molecule has 2 heterocycles. The van der Waals surface area contributed by atoms with Gasteiger partial charge in [-0.1, -0.05) is 12.1 Å². The first-order valence-corrected chi connectivity index (χ1v) is 8.39. The van der Waals surface area contributed by atoms with E-state index in [9.17, 15) is 9.59 Å². The molecule has 0 unspecified atom stereocenters. The summed E-state index contributed by atoms with van der Waals surface area (Å²) in [4.78, 5) is 25.8. The normalized spacial score (nSPS) is 14.1. The first-order chi connectivity index (χ1) is 12.0. The number of carbonyl (C=O) groups excluding carboxylic acids is 2. The van der Waals surface area contributed by atoms with Crippen molar-refractivity contribution in [3.63, 3.8) is 0 Å². The number of aromatic nitrogens is 1. The Morgan fingerprint density at radius 3 is 2.80 bits per heavy atom. The van der Waals surface area contributed by atoms with Gasteiger partial charge in [0.2, 0.25) is 11.8 Å². The molecule has 25 heavy (non-hydrogen) atoms. The summed E-state index contributed by atoms with van der Waals surface area (Å²) in [5.74, 6) is 0.939. The molecule has 0 spiro atoms. The second kappa shape index (κ2) is 6.96. The second-order valence-corrected chi connectivity index (χ2v) is 6.18. The van der Waals surface area contributed by atoms with E-state index in [4.69, 9.17) is 4.52 Å². The third-order valence-electron chi connectivity index (χ3n) is 4.30. The highest BCUT2D eigenvalue weighted by Crippen LogP contribution is 2.30. The summed E-state index contributed by atoms with van der Waals surface area (Å²) in [5.41, 5.74) is 2.93. The largest absolute Gasteiger partial charge is 0.374 e. The molecule has 1 aromatic carbocycles. The molecule has 1 aliphatic heterocycles. The van der Waals surface area contributed by atoms with E-state index in [1.807, 2.05) is 25.1 Å².